The maximum absolute atomic E-state index is 6.35. The highest BCUT2D eigenvalue weighted by Crippen LogP contribution is 2.28. The molecule has 2 unspecified atom stereocenters. The first-order valence-electron chi connectivity index (χ1n) is 7.59. The van der Waals surface area contributed by atoms with Crippen LogP contribution in [0.5, 0.6) is 5.75 Å². The van der Waals surface area contributed by atoms with Crippen molar-refractivity contribution in [1.82, 2.24) is 5.32 Å². The Bertz CT molecular complexity index is 426. The summed E-state index contributed by atoms with van der Waals surface area (Å²) in [6.07, 6.45) is 5.35. The zero-order valence-electron chi connectivity index (χ0n) is 12.8. The summed E-state index contributed by atoms with van der Waals surface area (Å²) >= 11 is 0. The van der Waals surface area contributed by atoms with Crippen LogP contribution in [0.3, 0.4) is 0 Å². The Morgan fingerprint density at radius 3 is 2.63 bits per heavy atom. The molecule has 0 aliphatic heterocycles. The van der Waals surface area contributed by atoms with Crippen molar-refractivity contribution in [3.63, 3.8) is 0 Å². The molecule has 1 aliphatic carbocycles. The van der Waals surface area contributed by atoms with Gasteiger partial charge in [0.05, 0.1) is 0 Å². The van der Waals surface area contributed by atoms with Gasteiger partial charge in [0.25, 0.3) is 0 Å². The second-order valence-corrected chi connectivity index (χ2v) is 5.81. The first-order valence-corrected chi connectivity index (χ1v) is 7.59. The third kappa shape index (κ3) is 3.50. The number of benzene rings is 1. The van der Waals surface area contributed by atoms with E-state index in [1.165, 1.54) is 42.4 Å². The smallest absolute Gasteiger partial charge is 0.123 e. The van der Waals surface area contributed by atoms with Crippen molar-refractivity contribution in [2.24, 2.45) is 0 Å². The molecule has 1 saturated carbocycles. The third-order valence-electron chi connectivity index (χ3n) is 4.21. The molecule has 0 bridgehead atoms. The highest BCUT2D eigenvalue weighted by molar-refractivity contribution is 5.42. The van der Waals surface area contributed by atoms with Gasteiger partial charge in [0.1, 0.15) is 11.9 Å². The maximum Gasteiger partial charge on any atom is 0.123 e. The van der Waals surface area contributed by atoms with E-state index in [1.54, 1.807) is 0 Å². The highest BCUT2D eigenvalue weighted by atomic mass is 16.5. The quantitative estimate of drug-likeness (QED) is 0.887. The molecule has 0 saturated heterocycles. The van der Waals surface area contributed by atoms with Crippen molar-refractivity contribution in [1.29, 1.82) is 0 Å². The van der Waals surface area contributed by atoms with Gasteiger partial charge < -0.3 is 10.1 Å². The van der Waals surface area contributed by atoms with E-state index >= 15 is 0 Å². The molecule has 2 nitrogen and oxygen atoms in total. The van der Waals surface area contributed by atoms with Crippen LogP contribution in [0.25, 0.3) is 0 Å². The largest absolute Gasteiger partial charge is 0.489 e. The summed E-state index contributed by atoms with van der Waals surface area (Å²) in [7, 11) is 0. The number of hydrogen-bond donors (Lipinski definition) is 1. The van der Waals surface area contributed by atoms with E-state index in [0.717, 1.165) is 12.3 Å². The van der Waals surface area contributed by atoms with Crippen LogP contribution >= 0.6 is 0 Å². The molecule has 1 N–H and O–H groups in total. The average Bonchev–Trinajstić information content (AvgIpc) is 2.38. The van der Waals surface area contributed by atoms with Crippen LogP contribution in [0.2, 0.25) is 0 Å². The average molecular weight is 261 g/mol. The molecule has 106 valence electrons. The van der Waals surface area contributed by atoms with Crippen molar-refractivity contribution < 1.29 is 4.74 Å². The van der Waals surface area contributed by atoms with Crippen LogP contribution in [-0.4, -0.2) is 18.7 Å². The minimum absolute atomic E-state index is 0.327. The number of nitrogens with one attached hydrogen (secondary N) is 1. The predicted octanol–water partition coefficient (Wildman–Crippen LogP) is 3.91. The molecular weight excluding hydrogens is 234 g/mol. The van der Waals surface area contributed by atoms with E-state index in [9.17, 15) is 0 Å². The zero-order valence-corrected chi connectivity index (χ0v) is 12.8. The van der Waals surface area contributed by atoms with E-state index in [1.807, 2.05) is 0 Å². The number of hydrogen-bond acceptors (Lipinski definition) is 2. The van der Waals surface area contributed by atoms with Gasteiger partial charge in [0.15, 0.2) is 0 Å². The number of ether oxygens (including phenoxy) is 1. The highest BCUT2D eigenvalue weighted by Gasteiger charge is 2.26. The third-order valence-corrected chi connectivity index (χ3v) is 4.21. The van der Waals surface area contributed by atoms with Crippen LogP contribution in [0, 0.1) is 20.8 Å². The van der Waals surface area contributed by atoms with Crippen LogP contribution < -0.4 is 10.1 Å². The van der Waals surface area contributed by atoms with Crippen LogP contribution in [0.15, 0.2) is 12.1 Å². The van der Waals surface area contributed by atoms with Gasteiger partial charge in [-0.05, 0) is 69.3 Å². The zero-order chi connectivity index (χ0) is 13.8. The van der Waals surface area contributed by atoms with Gasteiger partial charge in [0.2, 0.25) is 0 Å². The predicted molar refractivity (Wildman–Crippen MR) is 81.0 cm³/mol. The van der Waals surface area contributed by atoms with Gasteiger partial charge in [-0.2, -0.15) is 0 Å². The lowest BCUT2D eigenvalue weighted by atomic mass is 9.92. The Balaban J connectivity index is 2.14. The monoisotopic (exact) mass is 261 g/mol. The molecule has 1 aromatic rings. The Morgan fingerprint density at radius 2 is 1.89 bits per heavy atom. The molecule has 1 aliphatic rings. The fourth-order valence-electron chi connectivity index (χ4n) is 3.02. The molecule has 19 heavy (non-hydrogen) atoms. The Hall–Kier alpha value is -1.02. The summed E-state index contributed by atoms with van der Waals surface area (Å²) in [5, 5.41) is 3.58. The molecule has 1 fully saturated rings. The number of likely N-dealkylation sites (N-methyl/N-ethyl adjacent to an activating group) is 1. The first-order chi connectivity index (χ1) is 9.11. The number of aryl methyl sites for hydroxylation is 2. The fourth-order valence-corrected chi connectivity index (χ4v) is 3.02. The van der Waals surface area contributed by atoms with Crippen molar-refractivity contribution in [3.8, 4) is 5.75 Å². The topological polar surface area (TPSA) is 21.3 Å². The molecule has 2 heteroatoms. The van der Waals surface area contributed by atoms with E-state index < -0.39 is 0 Å². The summed E-state index contributed by atoms with van der Waals surface area (Å²) in [6, 6.07) is 4.92. The van der Waals surface area contributed by atoms with Gasteiger partial charge >= 0.3 is 0 Å². The number of rotatable bonds is 4. The second-order valence-electron chi connectivity index (χ2n) is 5.81. The second kappa shape index (κ2) is 6.42. The van der Waals surface area contributed by atoms with E-state index in [2.05, 4.69) is 45.1 Å². The standard InChI is InChI=1S/C17H27NO/c1-5-18-15-8-6-7-9-16(15)19-17-11-12(2)10-13(3)14(17)4/h10-11,15-16,18H,5-9H2,1-4H3. The molecule has 0 spiro atoms. The van der Waals surface area contributed by atoms with Crippen molar-refractivity contribution in [2.45, 2.75) is 65.5 Å². The Labute approximate surface area is 117 Å². The van der Waals surface area contributed by atoms with E-state index in [4.69, 9.17) is 4.74 Å². The van der Waals surface area contributed by atoms with Gasteiger partial charge in [0, 0.05) is 6.04 Å². The maximum atomic E-state index is 6.35. The minimum Gasteiger partial charge on any atom is -0.489 e. The summed E-state index contributed by atoms with van der Waals surface area (Å²) in [5.74, 6) is 1.08. The molecule has 2 rings (SSSR count). The van der Waals surface area contributed by atoms with E-state index in [-0.39, 0.29) is 0 Å². The summed E-state index contributed by atoms with van der Waals surface area (Å²) in [4.78, 5) is 0. The first kappa shape index (κ1) is 14.4. The van der Waals surface area contributed by atoms with Crippen LogP contribution in [0.1, 0.15) is 49.3 Å². The van der Waals surface area contributed by atoms with Crippen LogP contribution in [-0.2, 0) is 0 Å². The van der Waals surface area contributed by atoms with Gasteiger partial charge in [-0.1, -0.05) is 19.4 Å². The molecule has 0 amide bonds. The van der Waals surface area contributed by atoms with Gasteiger partial charge in [-0.3, -0.25) is 0 Å². The van der Waals surface area contributed by atoms with Crippen molar-refractivity contribution in [2.75, 3.05) is 6.54 Å². The Morgan fingerprint density at radius 1 is 1.16 bits per heavy atom. The van der Waals surface area contributed by atoms with Crippen molar-refractivity contribution >= 4 is 0 Å². The summed E-state index contributed by atoms with van der Waals surface area (Å²) < 4.78 is 6.35. The van der Waals surface area contributed by atoms with Gasteiger partial charge in [-0.25, -0.2) is 0 Å². The molecule has 0 aromatic heterocycles. The van der Waals surface area contributed by atoms with Crippen LogP contribution in [0.4, 0.5) is 0 Å². The molecular formula is C17H27NO. The lowest BCUT2D eigenvalue weighted by Gasteiger charge is -2.33. The summed E-state index contributed by atoms with van der Waals surface area (Å²) in [5.41, 5.74) is 3.89. The fraction of sp³-hybridized carbons (Fsp3) is 0.647. The van der Waals surface area contributed by atoms with Crippen molar-refractivity contribution in [3.05, 3.63) is 28.8 Å². The SMILES string of the molecule is CCNC1CCCCC1Oc1cc(C)cc(C)c1C. The normalized spacial score (nSPS) is 23.4. The molecule has 1 aromatic carbocycles. The van der Waals surface area contributed by atoms with E-state index in [0.29, 0.717) is 12.1 Å². The molecule has 0 heterocycles. The van der Waals surface area contributed by atoms with Gasteiger partial charge in [-0.15, -0.1) is 0 Å². The minimum atomic E-state index is 0.327. The lowest BCUT2D eigenvalue weighted by Crippen LogP contribution is -2.45. The molecule has 2 atom stereocenters. The summed E-state index contributed by atoms with van der Waals surface area (Å²) in [6.45, 7) is 9.67. The molecule has 0 radical (unpaired) electrons. The lowest BCUT2D eigenvalue weighted by molar-refractivity contribution is 0.114. The Kier molecular flexibility index (Phi) is 4.87.